The van der Waals surface area contributed by atoms with Crippen molar-refractivity contribution in [3.63, 3.8) is 0 Å². The highest BCUT2D eigenvalue weighted by Gasteiger charge is 2.40. The third-order valence-corrected chi connectivity index (χ3v) is 8.63. The second-order valence-corrected chi connectivity index (χ2v) is 11.9. The first-order chi connectivity index (χ1) is 23.7. The number of nitrogens with one attached hydrogen (secondary N) is 2. The first kappa shape index (κ1) is 34.6. The van der Waals surface area contributed by atoms with Crippen LogP contribution in [0.15, 0.2) is 102 Å². The Balaban J connectivity index is 1.32. The Kier molecular flexibility index (Phi) is 11.2. The summed E-state index contributed by atoms with van der Waals surface area (Å²) in [5.74, 6) is 0.155. The van der Waals surface area contributed by atoms with Crippen molar-refractivity contribution in [2.24, 2.45) is 0 Å². The lowest BCUT2D eigenvalue weighted by Gasteiger charge is -2.16. The minimum atomic E-state index is -0.597. The molecule has 0 radical (unpaired) electrons. The zero-order chi connectivity index (χ0) is 34.9. The van der Waals surface area contributed by atoms with Gasteiger partial charge in [-0.2, -0.15) is 0 Å². The van der Waals surface area contributed by atoms with Crippen molar-refractivity contribution in [1.29, 1.82) is 0 Å². The number of ether oxygens (including phenoxy) is 4. The van der Waals surface area contributed by atoms with Crippen molar-refractivity contribution in [3.8, 4) is 23.0 Å². The molecule has 1 fully saturated rings. The first-order valence-electron chi connectivity index (χ1n) is 15.3. The predicted molar refractivity (Wildman–Crippen MR) is 187 cm³/mol. The summed E-state index contributed by atoms with van der Waals surface area (Å²) < 4.78 is 21.8. The summed E-state index contributed by atoms with van der Waals surface area (Å²) in [7, 11) is 4.45. The van der Waals surface area contributed by atoms with Crippen molar-refractivity contribution < 1.29 is 38.1 Å². The van der Waals surface area contributed by atoms with E-state index in [-0.39, 0.29) is 23.9 Å². The molecule has 0 spiro atoms. The predicted octanol–water partition coefficient (Wildman–Crippen LogP) is 5.94. The second-order valence-electron chi connectivity index (χ2n) is 10.6. The maximum absolute atomic E-state index is 13.6. The number of methoxy groups -OCH3 is 3. The van der Waals surface area contributed by atoms with Gasteiger partial charge in [-0.3, -0.25) is 19.2 Å². The molecule has 0 aromatic heterocycles. The average molecular weight is 682 g/mol. The number of rotatable bonds is 13. The van der Waals surface area contributed by atoms with Crippen LogP contribution in [0.3, 0.4) is 0 Å². The second kappa shape index (κ2) is 15.9. The minimum absolute atomic E-state index is 0.0361. The van der Waals surface area contributed by atoms with Crippen molar-refractivity contribution in [2.45, 2.75) is 23.5 Å². The highest BCUT2D eigenvalue weighted by molar-refractivity contribution is 8.00. The standard InChI is InChI=1S/C37H35N3O8S/c1-5-48-27-15-13-26(14-16-27)40-33(41)22-32(37(40)44)49-28-17-11-25(12-18-28)38-36(43)29(39-35(42)24-9-7-6-8-10-24)19-23-20-30(45-2)34(47-4)31(21-23)46-3/h6-21,32H,5,22H2,1-4H3,(H,38,43)(H,39,42)/b29-19-. The Bertz CT molecular complexity index is 1840. The van der Waals surface area contributed by atoms with Gasteiger partial charge in [0.25, 0.3) is 11.8 Å². The molecule has 2 N–H and O–H groups in total. The largest absolute Gasteiger partial charge is 0.494 e. The highest BCUT2D eigenvalue weighted by Crippen LogP contribution is 2.39. The van der Waals surface area contributed by atoms with Gasteiger partial charge in [-0.05, 0) is 91.4 Å². The zero-order valence-electron chi connectivity index (χ0n) is 27.4. The van der Waals surface area contributed by atoms with E-state index in [9.17, 15) is 19.2 Å². The number of hydrogen-bond acceptors (Lipinski definition) is 9. The number of hydrogen-bond donors (Lipinski definition) is 2. The SMILES string of the molecule is CCOc1ccc(N2C(=O)CC(Sc3ccc(NC(=O)/C(=C/c4cc(OC)c(OC)c(OC)c4)NC(=O)c4ccccc4)cc3)C2=O)cc1. The molecule has 49 heavy (non-hydrogen) atoms. The van der Waals surface area contributed by atoms with Crippen LogP contribution in [0.2, 0.25) is 0 Å². The van der Waals surface area contributed by atoms with E-state index in [1.54, 1.807) is 91.0 Å². The fourth-order valence-electron chi connectivity index (χ4n) is 5.10. The van der Waals surface area contributed by atoms with Crippen LogP contribution >= 0.6 is 11.8 Å². The van der Waals surface area contributed by atoms with Crippen LogP contribution in [0.5, 0.6) is 23.0 Å². The summed E-state index contributed by atoms with van der Waals surface area (Å²) in [6, 6.07) is 25.5. The van der Waals surface area contributed by atoms with Crippen LogP contribution in [-0.2, 0) is 14.4 Å². The molecule has 4 aromatic rings. The van der Waals surface area contributed by atoms with Crippen LogP contribution < -0.4 is 34.5 Å². The van der Waals surface area contributed by atoms with Crippen LogP contribution in [-0.4, -0.2) is 56.8 Å². The number of carbonyl (C=O) groups is 4. The van der Waals surface area contributed by atoms with Crippen LogP contribution in [0.1, 0.15) is 29.3 Å². The molecule has 1 heterocycles. The molecule has 12 heteroatoms. The Labute approximate surface area is 288 Å². The van der Waals surface area contributed by atoms with Gasteiger partial charge in [0.2, 0.25) is 17.6 Å². The summed E-state index contributed by atoms with van der Waals surface area (Å²) in [4.78, 5) is 54.6. The van der Waals surface area contributed by atoms with Gasteiger partial charge in [-0.15, -0.1) is 11.8 Å². The monoisotopic (exact) mass is 681 g/mol. The van der Waals surface area contributed by atoms with Crippen LogP contribution in [0.25, 0.3) is 6.08 Å². The molecule has 1 saturated heterocycles. The lowest BCUT2D eigenvalue weighted by atomic mass is 10.1. The van der Waals surface area contributed by atoms with E-state index in [0.29, 0.717) is 52.1 Å². The van der Waals surface area contributed by atoms with Gasteiger partial charge < -0.3 is 29.6 Å². The molecular formula is C37H35N3O8S. The molecule has 4 aromatic carbocycles. The molecule has 5 rings (SSSR count). The van der Waals surface area contributed by atoms with Crippen molar-refractivity contribution in [1.82, 2.24) is 5.32 Å². The van der Waals surface area contributed by atoms with E-state index >= 15 is 0 Å². The molecule has 0 saturated carbocycles. The third-order valence-electron chi connectivity index (χ3n) is 7.43. The van der Waals surface area contributed by atoms with Crippen LogP contribution in [0, 0.1) is 0 Å². The fourth-order valence-corrected chi connectivity index (χ4v) is 6.15. The Morgan fingerprint density at radius 3 is 2.12 bits per heavy atom. The molecular weight excluding hydrogens is 646 g/mol. The quantitative estimate of drug-likeness (QED) is 0.130. The summed E-state index contributed by atoms with van der Waals surface area (Å²) >= 11 is 1.27. The number of imide groups is 1. The lowest BCUT2D eigenvalue weighted by Crippen LogP contribution is -2.31. The Morgan fingerprint density at radius 1 is 0.878 bits per heavy atom. The van der Waals surface area contributed by atoms with E-state index < -0.39 is 17.1 Å². The fraction of sp³-hybridized carbons (Fsp3) is 0.189. The smallest absolute Gasteiger partial charge is 0.272 e. The number of nitrogens with zero attached hydrogens (tertiary/aromatic N) is 1. The molecule has 1 aliphatic heterocycles. The molecule has 1 unspecified atom stereocenters. The van der Waals surface area contributed by atoms with Crippen molar-refractivity contribution >= 4 is 52.8 Å². The number of amides is 4. The highest BCUT2D eigenvalue weighted by atomic mass is 32.2. The molecule has 11 nitrogen and oxygen atoms in total. The average Bonchev–Trinajstić information content (AvgIpc) is 3.40. The zero-order valence-corrected chi connectivity index (χ0v) is 28.2. The molecule has 1 atom stereocenters. The van der Waals surface area contributed by atoms with Crippen molar-refractivity contribution in [2.75, 3.05) is 38.2 Å². The molecule has 252 valence electrons. The van der Waals surface area contributed by atoms with E-state index in [0.717, 1.165) is 4.90 Å². The lowest BCUT2D eigenvalue weighted by molar-refractivity contribution is -0.121. The number of carbonyl (C=O) groups excluding carboxylic acids is 4. The van der Waals surface area contributed by atoms with E-state index in [1.807, 2.05) is 6.92 Å². The summed E-state index contributed by atoms with van der Waals surface area (Å²) in [6.45, 7) is 2.39. The van der Waals surface area contributed by atoms with E-state index in [4.69, 9.17) is 18.9 Å². The minimum Gasteiger partial charge on any atom is -0.494 e. The number of thioether (sulfide) groups is 1. The van der Waals surface area contributed by atoms with Gasteiger partial charge in [0.1, 0.15) is 11.4 Å². The van der Waals surface area contributed by atoms with Gasteiger partial charge in [-0.1, -0.05) is 18.2 Å². The van der Waals surface area contributed by atoms with E-state index in [2.05, 4.69) is 10.6 Å². The van der Waals surface area contributed by atoms with Crippen molar-refractivity contribution in [3.05, 3.63) is 108 Å². The van der Waals surface area contributed by atoms with Gasteiger partial charge in [0.15, 0.2) is 11.5 Å². The van der Waals surface area contributed by atoms with Crippen LogP contribution in [0.4, 0.5) is 11.4 Å². The third kappa shape index (κ3) is 8.22. The maximum atomic E-state index is 13.6. The van der Waals surface area contributed by atoms with Gasteiger partial charge in [-0.25, -0.2) is 4.90 Å². The molecule has 0 aliphatic carbocycles. The van der Waals surface area contributed by atoms with Gasteiger partial charge in [0, 0.05) is 22.6 Å². The Morgan fingerprint density at radius 2 is 1.53 bits per heavy atom. The number of anilines is 2. The van der Waals surface area contributed by atoms with E-state index in [1.165, 1.54) is 44.1 Å². The summed E-state index contributed by atoms with van der Waals surface area (Å²) in [6.07, 6.45) is 1.56. The normalized spacial score (nSPS) is 14.3. The molecule has 4 amide bonds. The van der Waals surface area contributed by atoms with Gasteiger partial charge >= 0.3 is 0 Å². The number of benzene rings is 4. The summed E-state index contributed by atoms with van der Waals surface area (Å²) in [5, 5.41) is 4.94. The first-order valence-corrected chi connectivity index (χ1v) is 16.2. The molecule has 1 aliphatic rings. The maximum Gasteiger partial charge on any atom is 0.272 e. The summed E-state index contributed by atoms with van der Waals surface area (Å²) in [5.41, 5.74) is 1.78. The topological polar surface area (TPSA) is 132 Å². The molecule has 0 bridgehead atoms. The Hall–Kier alpha value is -5.75. The van der Waals surface area contributed by atoms with Gasteiger partial charge in [0.05, 0.1) is 38.9 Å².